The van der Waals surface area contributed by atoms with Crippen LogP contribution in [0.5, 0.6) is 0 Å². The Morgan fingerprint density at radius 3 is 2.80 bits per heavy atom. The van der Waals surface area contributed by atoms with Gasteiger partial charge in [-0.1, -0.05) is 29.3 Å². The van der Waals surface area contributed by atoms with Crippen LogP contribution >= 0.6 is 23.2 Å². The second-order valence-electron chi connectivity index (χ2n) is 6.42. The van der Waals surface area contributed by atoms with Crippen molar-refractivity contribution in [1.82, 2.24) is 15.5 Å². The molecule has 1 aromatic carbocycles. The molecule has 0 bridgehead atoms. The first kappa shape index (κ1) is 16.7. The van der Waals surface area contributed by atoms with E-state index in [9.17, 15) is 9.59 Å². The summed E-state index contributed by atoms with van der Waals surface area (Å²) in [6, 6.07) is 4.24. The highest BCUT2D eigenvalue weighted by atomic mass is 35.5. The summed E-state index contributed by atoms with van der Waals surface area (Å²) in [5.74, 6) is -0.0888. The van der Waals surface area contributed by atoms with E-state index in [1.165, 1.54) is 0 Å². The first-order valence-electron chi connectivity index (χ1n) is 8.19. The van der Waals surface area contributed by atoms with Crippen molar-refractivity contribution in [2.45, 2.75) is 25.0 Å². The molecule has 0 saturated carbocycles. The Hall–Kier alpha value is -1.76. The highest BCUT2D eigenvalue weighted by molar-refractivity contribution is 6.42. The number of carbonyl (C=O) groups excluding carboxylic acids is 2. The molecule has 8 heteroatoms. The fraction of sp³-hybridized carbons (Fsp3) is 0.412. The van der Waals surface area contributed by atoms with Gasteiger partial charge in [0.15, 0.2) is 0 Å². The molecule has 3 aliphatic heterocycles. The largest absolute Gasteiger partial charge is 0.376 e. The molecule has 3 heterocycles. The van der Waals surface area contributed by atoms with Gasteiger partial charge in [-0.05, 0) is 30.5 Å². The van der Waals surface area contributed by atoms with E-state index in [1.54, 1.807) is 23.1 Å². The molecule has 0 spiro atoms. The summed E-state index contributed by atoms with van der Waals surface area (Å²) in [6.45, 7) is 1.67. The lowest BCUT2D eigenvalue weighted by molar-refractivity contribution is -0.127. The Kier molecular flexibility index (Phi) is 4.35. The van der Waals surface area contributed by atoms with Crippen LogP contribution in [0.15, 0.2) is 29.5 Å². The van der Waals surface area contributed by atoms with Gasteiger partial charge < -0.3 is 20.3 Å². The minimum atomic E-state index is -0.541. The zero-order valence-electron chi connectivity index (χ0n) is 13.4. The van der Waals surface area contributed by atoms with Crippen molar-refractivity contribution >= 4 is 35.1 Å². The summed E-state index contributed by atoms with van der Waals surface area (Å²) in [5.41, 5.74) is 1.92. The quantitative estimate of drug-likeness (QED) is 0.845. The number of nitrogens with one attached hydrogen (secondary N) is 2. The number of hydrogen-bond acceptors (Lipinski definition) is 3. The minimum absolute atomic E-state index is 0.0670. The van der Waals surface area contributed by atoms with Crippen LogP contribution in [-0.2, 0) is 9.53 Å². The van der Waals surface area contributed by atoms with Gasteiger partial charge in [0.25, 0.3) is 5.91 Å². The van der Waals surface area contributed by atoms with Crippen molar-refractivity contribution in [2.24, 2.45) is 0 Å². The Morgan fingerprint density at radius 1 is 1.24 bits per heavy atom. The van der Waals surface area contributed by atoms with Gasteiger partial charge in [-0.2, -0.15) is 0 Å². The molecule has 0 aliphatic carbocycles. The first-order valence-corrected chi connectivity index (χ1v) is 8.95. The Bertz CT molecular complexity index is 774. The summed E-state index contributed by atoms with van der Waals surface area (Å²) in [7, 11) is 0. The molecule has 132 valence electrons. The molecule has 3 aliphatic rings. The number of ether oxygens (including phenoxy) is 1. The molecule has 2 N–H and O–H groups in total. The maximum absolute atomic E-state index is 12.9. The van der Waals surface area contributed by atoms with Crippen molar-refractivity contribution in [1.29, 1.82) is 0 Å². The molecule has 25 heavy (non-hydrogen) atoms. The number of hydrogen-bond donors (Lipinski definition) is 2. The predicted molar refractivity (Wildman–Crippen MR) is 93.5 cm³/mol. The van der Waals surface area contributed by atoms with Crippen LogP contribution in [-0.4, -0.2) is 42.6 Å². The van der Waals surface area contributed by atoms with Gasteiger partial charge in [0.05, 0.1) is 40.0 Å². The van der Waals surface area contributed by atoms with Crippen molar-refractivity contribution < 1.29 is 14.3 Å². The highest BCUT2D eigenvalue weighted by Crippen LogP contribution is 2.35. The molecular formula is C17H17Cl2N3O3. The van der Waals surface area contributed by atoms with E-state index in [-0.39, 0.29) is 18.0 Å². The van der Waals surface area contributed by atoms with Gasteiger partial charge in [0.2, 0.25) is 0 Å². The maximum Gasteiger partial charge on any atom is 0.319 e. The van der Waals surface area contributed by atoms with Gasteiger partial charge in [-0.15, -0.1) is 0 Å². The SMILES string of the molecule is O=C1NC2=C(C(=O)N(C[C@@H]3CCCO3)C2)[C@H](c2ccc(Cl)c(Cl)c2)N1. The molecule has 6 nitrogen and oxygen atoms in total. The lowest BCUT2D eigenvalue weighted by Gasteiger charge is -2.26. The van der Waals surface area contributed by atoms with Crippen molar-refractivity contribution in [3.05, 3.63) is 45.1 Å². The molecule has 4 rings (SSSR count). The molecule has 3 amide bonds. The summed E-state index contributed by atoms with van der Waals surface area (Å²) < 4.78 is 5.63. The lowest BCUT2D eigenvalue weighted by Crippen LogP contribution is -2.44. The maximum atomic E-state index is 12.9. The van der Waals surface area contributed by atoms with Gasteiger partial charge in [-0.25, -0.2) is 4.79 Å². The number of urea groups is 1. The van der Waals surface area contributed by atoms with E-state index in [0.29, 0.717) is 34.4 Å². The van der Waals surface area contributed by atoms with Crippen LogP contribution in [0.2, 0.25) is 10.0 Å². The molecular weight excluding hydrogens is 365 g/mol. The normalized spacial score (nSPS) is 25.9. The van der Waals surface area contributed by atoms with Crippen molar-refractivity contribution in [2.75, 3.05) is 19.7 Å². The molecule has 2 atom stereocenters. The monoisotopic (exact) mass is 381 g/mol. The van der Waals surface area contributed by atoms with Gasteiger partial charge in [0, 0.05) is 13.2 Å². The van der Waals surface area contributed by atoms with Crippen LogP contribution in [0.1, 0.15) is 24.4 Å². The summed E-state index contributed by atoms with van der Waals surface area (Å²) in [5, 5.41) is 6.38. The first-order chi connectivity index (χ1) is 12.0. The number of rotatable bonds is 3. The fourth-order valence-electron chi connectivity index (χ4n) is 3.55. The van der Waals surface area contributed by atoms with Crippen LogP contribution in [0.3, 0.4) is 0 Å². The number of amides is 3. The second-order valence-corrected chi connectivity index (χ2v) is 7.23. The molecule has 1 aromatic rings. The summed E-state index contributed by atoms with van der Waals surface area (Å²) in [4.78, 5) is 26.7. The number of benzene rings is 1. The van der Waals surface area contributed by atoms with Crippen molar-refractivity contribution in [3.8, 4) is 0 Å². The standard InChI is InChI=1S/C17H17Cl2N3O3/c18-11-4-3-9(6-12(11)19)15-14-13(20-17(24)21-15)8-22(16(14)23)7-10-2-1-5-25-10/h3-4,6,10,15H,1-2,5,7-8H2,(H2,20,21,24)/t10-,15-/m0/s1. The van der Waals surface area contributed by atoms with Gasteiger partial charge in [0.1, 0.15) is 0 Å². The number of nitrogens with zero attached hydrogens (tertiary/aromatic N) is 1. The molecule has 1 fully saturated rings. The predicted octanol–water partition coefficient (Wildman–Crippen LogP) is 2.62. The van der Waals surface area contributed by atoms with Gasteiger partial charge >= 0.3 is 6.03 Å². The lowest BCUT2D eigenvalue weighted by atomic mass is 9.96. The van der Waals surface area contributed by atoms with Crippen molar-refractivity contribution in [3.63, 3.8) is 0 Å². The third-order valence-corrected chi connectivity index (χ3v) is 5.48. The van der Waals surface area contributed by atoms with E-state index in [1.807, 2.05) is 0 Å². The molecule has 0 aromatic heterocycles. The topological polar surface area (TPSA) is 70.7 Å². The smallest absolute Gasteiger partial charge is 0.319 e. The summed E-state index contributed by atoms with van der Waals surface area (Å²) in [6.07, 6.45) is 2.04. The van der Waals surface area contributed by atoms with Crippen LogP contribution in [0.4, 0.5) is 4.79 Å². The average Bonchev–Trinajstić information content (AvgIpc) is 3.18. The van der Waals surface area contributed by atoms with E-state index < -0.39 is 6.04 Å². The summed E-state index contributed by atoms with van der Waals surface area (Å²) >= 11 is 12.1. The van der Waals surface area contributed by atoms with E-state index in [0.717, 1.165) is 25.0 Å². The van der Waals surface area contributed by atoms with Crippen LogP contribution < -0.4 is 10.6 Å². The third kappa shape index (κ3) is 3.10. The zero-order chi connectivity index (χ0) is 17.6. The number of carbonyl (C=O) groups is 2. The minimum Gasteiger partial charge on any atom is -0.376 e. The molecule has 0 unspecified atom stereocenters. The molecule has 0 radical (unpaired) electrons. The zero-order valence-corrected chi connectivity index (χ0v) is 14.9. The van der Waals surface area contributed by atoms with E-state index in [2.05, 4.69) is 10.6 Å². The molecule has 1 saturated heterocycles. The highest BCUT2D eigenvalue weighted by Gasteiger charge is 2.41. The Balaban J connectivity index is 1.62. The second kappa shape index (κ2) is 6.52. The van der Waals surface area contributed by atoms with Crippen LogP contribution in [0, 0.1) is 0 Å². The fourth-order valence-corrected chi connectivity index (χ4v) is 3.86. The average molecular weight is 382 g/mol. The number of halogens is 2. The van der Waals surface area contributed by atoms with E-state index in [4.69, 9.17) is 27.9 Å². The van der Waals surface area contributed by atoms with Gasteiger partial charge in [-0.3, -0.25) is 4.79 Å². The van der Waals surface area contributed by atoms with Crippen LogP contribution in [0.25, 0.3) is 0 Å². The Labute approximate surface area is 155 Å². The van der Waals surface area contributed by atoms with E-state index >= 15 is 0 Å². The third-order valence-electron chi connectivity index (χ3n) is 4.75. The Morgan fingerprint density at radius 2 is 2.08 bits per heavy atom.